The van der Waals surface area contributed by atoms with Crippen LogP contribution in [0.1, 0.15) is 29.5 Å². The summed E-state index contributed by atoms with van der Waals surface area (Å²) < 4.78 is 0. The topological polar surface area (TPSA) is 27.0 Å². The molecule has 0 spiro atoms. The van der Waals surface area contributed by atoms with Crippen molar-refractivity contribution in [3.63, 3.8) is 0 Å². The molecule has 2 nitrogen and oxygen atoms in total. The lowest BCUT2D eigenvalue weighted by Gasteiger charge is -2.26. The Morgan fingerprint density at radius 2 is 1.76 bits per heavy atom. The van der Waals surface area contributed by atoms with E-state index in [1.54, 1.807) is 0 Å². The minimum atomic E-state index is -0.0709. The molecule has 0 radical (unpaired) electrons. The van der Waals surface area contributed by atoms with E-state index in [9.17, 15) is 0 Å². The van der Waals surface area contributed by atoms with Gasteiger partial charge in [-0.05, 0) is 44.7 Å². The maximum Gasteiger partial charge on any atom is 0.0749 e. The summed E-state index contributed by atoms with van der Waals surface area (Å²) >= 11 is 0. The van der Waals surface area contributed by atoms with Crippen LogP contribution >= 0.6 is 0 Å². The Hall–Kier alpha value is -1.49. The molecule has 1 aliphatic carbocycles. The smallest absolute Gasteiger partial charge is 0.0749 e. The molecule has 1 aromatic rings. The minimum Gasteiger partial charge on any atom is -0.373 e. The number of nitrogens with zero attached hydrogens (tertiary/aromatic N) is 2. The van der Waals surface area contributed by atoms with Crippen molar-refractivity contribution in [3.8, 4) is 6.07 Å². The second-order valence-corrected chi connectivity index (χ2v) is 5.50. The Labute approximate surface area is 104 Å². The Bertz CT molecular complexity index is 455. The minimum absolute atomic E-state index is 0.0709. The molecule has 1 aromatic carbocycles. The number of aryl methyl sites for hydroxylation is 3. The van der Waals surface area contributed by atoms with E-state index in [0.29, 0.717) is 0 Å². The van der Waals surface area contributed by atoms with Crippen LogP contribution in [0.15, 0.2) is 12.1 Å². The maximum absolute atomic E-state index is 9.16. The van der Waals surface area contributed by atoms with Gasteiger partial charge in [0.25, 0.3) is 0 Å². The Balaban J connectivity index is 2.26. The van der Waals surface area contributed by atoms with Crippen LogP contribution in [0, 0.1) is 37.5 Å². The van der Waals surface area contributed by atoms with Crippen LogP contribution in [0.3, 0.4) is 0 Å². The molecule has 0 amide bonds. The molecule has 2 heteroatoms. The van der Waals surface area contributed by atoms with Crippen molar-refractivity contribution in [2.75, 3.05) is 18.5 Å². The molecule has 1 aliphatic rings. The van der Waals surface area contributed by atoms with Crippen LogP contribution in [-0.4, -0.2) is 13.6 Å². The first-order chi connectivity index (χ1) is 7.97. The highest BCUT2D eigenvalue weighted by Gasteiger charge is 2.44. The van der Waals surface area contributed by atoms with Gasteiger partial charge in [-0.2, -0.15) is 5.26 Å². The molecule has 0 heterocycles. The number of nitriles is 1. The first kappa shape index (κ1) is 12.0. The first-order valence-electron chi connectivity index (χ1n) is 6.18. The Morgan fingerprint density at radius 3 is 2.18 bits per heavy atom. The average molecular weight is 228 g/mol. The number of hydrogen-bond acceptors (Lipinski definition) is 2. The van der Waals surface area contributed by atoms with Gasteiger partial charge in [-0.3, -0.25) is 0 Å². The van der Waals surface area contributed by atoms with Gasteiger partial charge in [-0.1, -0.05) is 17.7 Å². The van der Waals surface area contributed by atoms with Gasteiger partial charge in [0.1, 0.15) is 0 Å². The van der Waals surface area contributed by atoms with Crippen LogP contribution in [-0.2, 0) is 0 Å². The third-order valence-corrected chi connectivity index (χ3v) is 3.65. The first-order valence-corrected chi connectivity index (χ1v) is 6.18. The van der Waals surface area contributed by atoms with Gasteiger partial charge < -0.3 is 4.90 Å². The third-order valence-electron chi connectivity index (χ3n) is 3.65. The second kappa shape index (κ2) is 4.07. The van der Waals surface area contributed by atoms with Crippen LogP contribution in [0.2, 0.25) is 0 Å². The third kappa shape index (κ3) is 2.29. The van der Waals surface area contributed by atoms with Gasteiger partial charge in [0.05, 0.1) is 11.5 Å². The highest BCUT2D eigenvalue weighted by molar-refractivity contribution is 5.60. The van der Waals surface area contributed by atoms with E-state index < -0.39 is 0 Å². The fraction of sp³-hybridized carbons (Fsp3) is 0.533. The van der Waals surface area contributed by atoms with Crippen LogP contribution < -0.4 is 4.90 Å². The van der Waals surface area contributed by atoms with Crippen LogP contribution in [0.25, 0.3) is 0 Å². The molecule has 0 bridgehead atoms. The predicted molar refractivity (Wildman–Crippen MR) is 71.2 cm³/mol. The van der Waals surface area contributed by atoms with Gasteiger partial charge in [0.15, 0.2) is 0 Å². The monoisotopic (exact) mass is 228 g/mol. The summed E-state index contributed by atoms with van der Waals surface area (Å²) in [6.45, 7) is 7.28. The summed E-state index contributed by atoms with van der Waals surface area (Å²) in [6.07, 6.45) is 2.11. The van der Waals surface area contributed by atoms with E-state index in [2.05, 4.69) is 50.9 Å². The van der Waals surface area contributed by atoms with Crippen molar-refractivity contribution in [1.29, 1.82) is 5.26 Å². The summed E-state index contributed by atoms with van der Waals surface area (Å²) in [5.74, 6) is 0. The van der Waals surface area contributed by atoms with Crippen molar-refractivity contribution in [2.24, 2.45) is 5.41 Å². The molecule has 0 aliphatic heterocycles. The molecule has 1 fully saturated rings. The number of hydrogen-bond donors (Lipinski definition) is 0. The number of anilines is 1. The maximum atomic E-state index is 9.16. The molecule has 17 heavy (non-hydrogen) atoms. The van der Waals surface area contributed by atoms with Gasteiger partial charge in [-0.25, -0.2) is 0 Å². The van der Waals surface area contributed by atoms with Crippen molar-refractivity contribution in [3.05, 3.63) is 28.8 Å². The lowest BCUT2D eigenvalue weighted by atomic mass is 10.0. The van der Waals surface area contributed by atoms with E-state index in [1.807, 2.05) is 0 Å². The quantitative estimate of drug-likeness (QED) is 0.793. The van der Waals surface area contributed by atoms with Crippen molar-refractivity contribution in [1.82, 2.24) is 0 Å². The van der Waals surface area contributed by atoms with E-state index in [4.69, 9.17) is 5.26 Å². The van der Waals surface area contributed by atoms with E-state index >= 15 is 0 Å². The lowest BCUT2D eigenvalue weighted by molar-refractivity contribution is 0.651. The molecule has 0 N–H and O–H groups in total. The zero-order valence-electron chi connectivity index (χ0n) is 11.2. The van der Waals surface area contributed by atoms with Crippen molar-refractivity contribution in [2.45, 2.75) is 33.6 Å². The van der Waals surface area contributed by atoms with Crippen molar-refractivity contribution < 1.29 is 0 Å². The molecule has 0 saturated heterocycles. The fourth-order valence-electron chi connectivity index (χ4n) is 2.76. The van der Waals surface area contributed by atoms with Crippen LogP contribution in [0.4, 0.5) is 5.69 Å². The second-order valence-electron chi connectivity index (χ2n) is 5.50. The Morgan fingerprint density at radius 1 is 1.24 bits per heavy atom. The van der Waals surface area contributed by atoms with Crippen LogP contribution in [0.5, 0.6) is 0 Å². The molecule has 2 rings (SSSR count). The lowest BCUT2D eigenvalue weighted by Crippen LogP contribution is -2.27. The zero-order chi connectivity index (χ0) is 12.6. The van der Waals surface area contributed by atoms with E-state index in [1.165, 1.54) is 22.4 Å². The number of benzene rings is 1. The largest absolute Gasteiger partial charge is 0.373 e. The summed E-state index contributed by atoms with van der Waals surface area (Å²) in [5.41, 5.74) is 5.13. The molecule has 90 valence electrons. The summed E-state index contributed by atoms with van der Waals surface area (Å²) in [4.78, 5) is 2.25. The highest BCUT2D eigenvalue weighted by Crippen LogP contribution is 2.46. The molecular weight excluding hydrogens is 208 g/mol. The predicted octanol–water partition coefficient (Wildman–Crippen LogP) is 3.35. The number of rotatable bonds is 3. The SMILES string of the molecule is Cc1cc(C)c(N(C)CC2(C#N)CC2)c(C)c1. The van der Waals surface area contributed by atoms with Gasteiger partial charge in [-0.15, -0.1) is 0 Å². The van der Waals surface area contributed by atoms with Gasteiger partial charge >= 0.3 is 0 Å². The zero-order valence-corrected chi connectivity index (χ0v) is 11.2. The molecule has 0 unspecified atom stereocenters. The van der Waals surface area contributed by atoms with E-state index in [0.717, 1.165) is 19.4 Å². The van der Waals surface area contributed by atoms with E-state index in [-0.39, 0.29) is 5.41 Å². The molecule has 1 saturated carbocycles. The fourth-order valence-corrected chi connectivity index (χ4v) is 2.76. The summed E-state index contributed by atoms with van der Waals surface area (Å²) in [5, 5.41) is 9.16. The molecule has 0 atom stereocenters. The van der Waals surface area contributed by atoms with Crippen molar-refractivity contribution >= 4 is 5.69 Å². The van der Waals surface area contributed by atoms with Gasteiger partial charge in [0, 0.05) is 19.3 Å². The Kier molecular flexibility index (Phi) is 2.87. The molecule has 0 aromatic heterocycles. The highest BCUT2D eigenvalue weighted by atomic mass is 15.1. The standard InChI is InChI=1S/C15H20N2/c1-11-7-12(2)14(13(3)8-11)17(4)10-15(9-16)5-6-15/h7-8H,5-6,10H2,1-4H3. The average Bonchev–Trinajstić information content (AvgIpc) is 2.96. The van der Waals surface area contributed by atoms with Gasteiger partial charge in [0.2, 0.25) is 0 Å². The summed E-state index contributed by atoms with van der Waals surface area (Å²) in [6, 6.07) is 6.89. The summed E-state index contributed by atoms with van der Waals surface area (Å²) in [7, 11) is 2.10. The molecular formula is C15H20N2. The normalized spacial score (nSPS) is 16.4.